The molecule has 0 unspecified atom stereocenters. The third kappa shape index (κ3) is 2.25. The first-order valence-corrected chi connectivity index (χ1v) is 6.59. The van der Waals surface area contributed by atoms with Gasteiger partial charge in [-0.15, -0.1) is 0 Å². The van der Waals surface area contributed by atoms with Gasteiger partial charge in [-0.3, -0.25) is 0 Å². The fourth-order valence-corrected chi connectivity index (χ4v) is 2.31. The van der Waals surface area contributed by atoms with Crippen LogP contribution in [0.15, 0.2) is 42.6 Å². The Balaban J connectivity index is 1.97. The van der Waals surface area contributed by atoms with Crippen LogP contribution in [-0.4, -0.2) is 17.8 Å². The summed E-state index contributed by atoms with van der Waals surface area (Å²) in [5, 5.41) is 0. The van der Waals surface area contributed by atoms with E-state index >= 15 is 0 Å². The number of rotatable bonds is 2. The Morgan fingerprint density at radius 1 is 1.06 bits per heavy atom. The van der Waals surface area contributed by atoms with Crippen molar-refractivity contribution in [2.45, 2.75) is 6.29 Å². The minimum atomic E-state index is -0.232. The molecule has 0 saturated carbocycles. The highest BCUT2D eigenvalue weighted by molar-refractivity contribution is 14.1. The van der Waals surface area contributed by atoms with Gasteiger partial charge in [0, 0.05) is 15.5 Å². The second-order valence-electron chi connectivity index (χ2n) is 3.85. The average molecular weight is 341 g/mol. The van der Waals surface area contributed by atoms with Gasteiger partial charge >= 0.3 is 0 Å². The van der Waals surface area contributed by atoms with Crippen LogP contribution in [0.5, 0.6) is 0 Å². The highest BCUT2D eigenvalue weighted by Gasteiger charge is 2.21. The zero-order valence-electron chi connectivity index (χ0n) is 9.17. The summed E-state index contributed by atoms with van der Waals surface area (Å²) in [6.45, 7) is 1.34. The molecule has 17 heavy (non-hydrogen) atoms. The van der Waals surface area contributed by atoms with Crippen molar-refractivity contribution in [1.29, 1.82) is 0 Å². The summed E-state index contributed by atoms with van der Waals surface area (Å²) in [7, 11) is 0. The average Bonchev–Trinajstić information content (AvgIpc) is 3.00. The zero-order chi connectivity index (χ0) is 11.7. The molecule has 0 spiro atoms. The van der Waals surface area contributed by atoms with E-state index in [4.69, 9.17) is 9.47 Å². The number of nitrogens with zero attached hydrogens (tertiary/aromatic N) is 1. The fourth-order valence-electron chi connectivity index (χ4n) is 1.95. The van der Waals surface area contributed by atoms with Crippen molar-refractivity contribution in [2.24, 2.45) is 0 Å². The molecule has 1 aromatic carbocycles. The topological polar surface area (TPSA) is 23.4 Å². The van der Waals surface area contributed by atoms with Gasteiger partial charge in [-0.2, -0.15) is 0 Å². The summed E-state index contributed by atoms with van der Waals surface area (Å²) < 4.78 is 14.4. The highest BCUT2D eigenvalue weighted by Crippen LogP contribution is 2.26. The number of ether oxygens (including phenoxy) is 2. The van der Waals surface area contributed by atoms with Gasteiger partial charge in [0.05, 0.1) is 18.9 Å². The fraction of sp³-hybridized carbons (Fsp3) is 0.231. The standard InChI is InChI=1S/C13H12INO2/c14-10-3-5-11(6-4-10)15-7-1-2-12(15)13-16-8-9-17-13/h1-7,13H,8-9H2. The summed E-state index contributed by atoms with van der Waals surface area (Å²) in [6, 6.07) is 12.4. The van der Waals surface area contributed by atoms with Gasteiger partial charge in [-0.25, -0.2) is 0 Å². The zero-order valence-corrected chi connectivity index (χ0v) is 11.3. The maximum Gasteiger partial charge on any atom is 0.199 e. The Morgan fingerprint density at radius 2 is 1.76 bits per heavy atom. The Hall–Kier alpha value is -0.850. The van der Waals surface area contributed by atoms with Gasteiger partial charge in [-0.05, 0) is 59.0 Å². The van der Waals surface area contributed by atoms with Crippen LogP contribution in [0.3, 0.4) is 0 Å². The van der Waals surface area contributed by atoms with Crippen molar-refractivity contribution >= 4 is 22.6 Å². The number of hydrogen-bond donors (Lipinski definition) is 0. The van der Waals surface area contributed by atoms with Gasteiger partial charge in [0.25, 0.3) is 0 Å². The summed E-state index contributed by atoms with van der Waals surface area (Å²) in [5.74, 6) is 0. The molecule has 3 rings (SSSR count). The van der Waals surface area contributed by atoms with Gasteiger partial charge in [0.15, 0.2) is 6.29 Å². The SMILES string of the molecule is Ic1ccc(-n2cccc2C2OCCO2)cc1. The lowest BCUT2D eigenvalue weighted by atomic mass is 10.3. The van der Waals surface area contributed by atoms with Crippen molar-refractivity contribution in [2.75, 3.05) is 13.2 Å². The van der Waals surface area contributed by atoms with Crippen molar-refractivity contribution in [3.63, 3.8) is 0 Å². The molecule has 1 fully saturated rings. The highest BCUT2D eigenvalue weighted by atomic mass is 127. The maximum atomic E-state index is 5.54. The molecular weight excluding hydrogens is 329 g/mol. The van der Waals surface area contributed by atoms with E-state index in [2.05, 4.69) is 51.4 Å². The molecule has 3 nitrogen and oxygen atoms in total. The summed E-state index contributed by atoms with van der Waals surface area (Å²) in [6.07, 6.45) is 1.80. The predicted octanol–water partition coefficient (Wildman–Crippen LogP) is 3.13. The van der Waals surface area contributed by atoms with Crippen LogP contribution < -0.4 is 0 Å². The van der Waals surface area contributed by atoms with Crippen molar-refractivity contribution in [3.8, 4) is 5.69 Å². The minimum absolute atomic E-state index is 0.232. The lowest BCUT2D eigenvalue weighted by Gasteiger charge is -2.13. The smallest absolute Gasteiger partial charge is 0.199 e. The first-order valence-electron chi connectivity index (χ1n) is 5.51. The molecule has 4 heteroatoms. The molecular formula is C13H12INO2. The van der Waals surface area contributed by atoms with E-state index in [1.54, 1.807) is 0 Å². The molecule has 2 aromatic rings. The Labute approximate surface area is 113 Å². The number of hydrogen-bond acceptors (Lipinski definition) is 2. The van der Waals surface area contributed by atoms with Crippen LogP contribution >= 0.6 is 22.6 Å². The van der Waals surface area contributed by atoms with E-state index in [0.717, 1.165) is 11.4 Å². The Morgan fingerprint density at radius 3 is 2.47 bits per heavy atom. The molecule has 1 saturated heterocycles. The van der Waals surface area contributed by atoms with E-state index < -0.39 is 0 Å². The van der Waals surface area contributed by atoms with E-state index in [1.807, 2.05) is 18.3 Å². The minimum Gasteiger partial charge on any atom is -0.345 e. The van der Waals surface area contributed by atoms with E-state index in [-0.39, 0.29) is 6.29 Å². The summed E-state index contributed by atoms with van der Waals surface area (Å²) in [4.78, 5) is 0. The molecule has 0 aliphatic carbocycles. The Kier molecular flexibility index (Phi) is 3.17. The van der Waals surface area contributed by atoms with Gasteiger partial charge in [0.1, 0.15) is 0 Å². The molecule has 1 aliphatic heterocycles. The van der Waals surface area contributed by atoms with Crippen molar-refractivity contribution in [3.05, 3.63) is 51.9 Å². The third-order valence-corrected chi connectivity index (χ3v) is 3.47. The third-order valence-electron chi connectivity index (χ3n) is 2.75. The second-order valence-corrected chi connectivity index (χ2v) is 5.10. The monoisotopic (exact) mass is 341 g/mol. The molecule has 0 radical (unpaired) electrons. The van der Waals surface area contributed by atoms with E-state index in [1.165, 1.54) is 3.57 Å². The first kappa shape index (κ1) is 11.3. The Bertz CT molecular complexity index is 500. The maximum absolute atomic E-state index is 5.54. The van der Waals surface area contributed by atoms with Gasteiger partial charge in [-0.1, -0.05) is 0 Å². The molecule has 0 amide bonds. The summed E-state index contributed by atoms with van der Waals surface area (Å²) in [5.41, 5.74) is 2.17. The van der Waals surface area contributed by atoms with Crippen molar-refractivity contribution < 1.29 is 9.47 Å². The van der Waals surface area contributed by atoms with Gasteiger partial charge < -0.3 is 14.0 Å². The largest absolute Gasteiger partial charge is 0.345 e. The van der Waals surface area contributed by atoms with E-state index in [0.29, 0.717) is 13.2 Å². The lowest BCUT2D eigenvalue weighted by Crippen LogP contribution is -2.05. The number of aromatic nitrogens is 1. The quantitative estimate of drug-likeness (QED) is 0.784. The van der Waals surface area contributed by atoms with Crippen molar-refractivity contribution in [1.82, 2.24) is 4.57 Å². The molecule has 2 heterocycles. The van der Waals surface area contributed by atoms with Gasteiger partial charge in [0.2, 0.25) is 0 Å². The van der Waals surface area contributed by atoms with Crippen LogP contribution in [0.4, 0.5) is 0 Å². The van der Waals surface area contributed by atoms with Crippen LogP contribution in [0.2, 0.25) is 0 Å². The van der Waals surface area contributed by atoms with Crippen LogP contribution in [0.25, 0.3) is 5.69 Å². The summed E-state index contributed by atoms with van der Waals surface area (Å²) >= 11 is 2.30. The number of halogens is 1. The molecule has 1 aromatic heterocycles. The van der Waals surface area contributed by atoms with Crippen LogP contribution in [-0.2, 0) is 9.47 Å². The normalized spacial score (nSPS) is 16.5. The molecule has 88 valence electrons. The molecule has 1 aliphatic rings. The predicted molar refractivity (Wildman–Crippen MR) is 73.1 cm³/mol. The van der Waals surface area contributed by atoms with Crippen LogP contribution in [0.1, 0.15) is 12.0 Å². The molecule has 0 N–H and O–H groups in total. The number of benzene rings is 1. The molecule has 0 bridgehead atoms. The van der Waals surface area contributed by atoms with E-state index in [9.17, 15) is 0 Å². The lowest BCUT2D eigenvalue weighted by molar-refractivity contribution is -0.0483. The molecule has 0 atom stereocenters. The second kappa shape index (κ2) is 4.80. The van der Waals surface area contributed by atoms with Crippen LogP contribution in [0, 0.1) is 3.57 Å². The first-order chi connectivity index (χ1) is 8.34.